The van der Waals surface area contributed by atoms with Crippen LogP contribution in [0.4, 0.5) is 0 Å². The van der Waals surface area contributed by atoms with Crippen molar-refractivity contribution in [2.24, 2.45) is 5.73 Å². The first-order valence-corrected chi connectivity index (χ1v) is 7.04. The number of hydrogen-bond donors (Lipinski definition) is 2. The molecule has 1 unspecified atom stereocenters. The molecule has 0 amide bonds. The average Bonchev–Trinajstić information content (AvgIpc) is 3.12. The lowest BCUT2D eigenvalue weighted by molar-refractivity contribution is 0.276. The van der Waals surface area contributed by atoms with Crippen LogP contribution in [0.5, 0.6) is 0 Å². The fourth-order valence-corrected chi connectivity index (χ4v) is 2.94. The minimum atomic E-state index is 0.177. The molecule has 1 saturated carbocycles. The Balaban J connectivity index is 1.59. The van der Waals surface area contributed by atoms with E-state index in [1.54, 1.807) is 0 Å². The molecule has 3 heteroatoms. The summed E-state index contributed by atoms with van der Waals surface area (Å²) in [6, 6.07) is 11.5. The number of nitrogens with zero attached hydrogens (tertiary/aromatic N) is 1. The number of nitrogens with one attached hydrogen (secondary N) is 1. The van der Waals surface area contributed by atoms with E-state index < -0.39 is 0 Å². The number of likely N-dealkylation sites (tertiary alicyclic amines) is 1. The molecule has 0 spiro atoms. The fourth-order valence-electron chi connectivity index (χ4n) is 2.94. The van der Waals surface area contributed by atoms with Gasteiger partial charge in [-0.25, -0.2) is 0 Å². The third-order valence-corrected chi connectivity index (χ3v) is 4.16. The fraction of sp³-hybridized carbons (Fsp3) is 0.600. The van der Waals surface area contributed by atoms with Gasteiger partial charge < -0.3 is 11.1 Å². The van der Waals surface area contributed by atoms with Crippen LogP contribution in [0.15, 0.2) is 30.3 Å². The molecule has 3 rings (SSSR count). The zero-order chi connectivity index (χ0) is 12.4. The molecule has 18 heavy (non-hydrogen) atoms. The SMILES string of the molecule is NCC1(NC2CC2)CCN(Cc2ccccc2)C1. The molecule has 1 atom stereocenters. The molecule has 1 aromatic rings. The average molecular weight is 245 g/mol. The van der Waals surface area contributed by atoms with Crippen LogP contribution in [-0.4, -0.2) is 36.1 Å². The van der Waals surface area contributed by atoms with E-state index in [1.165, 1.54) is 24.8 Å². The van der Waals surface area contributed by atoms with E-state index in [0.717, 1.165) is 32.2 Å². The predicted molar refractivity (Wildman–Crippen MR) is 74.3 cm³/mol. The van der Waals surface area contributed by atoms with Crippen LogP contribution in [0.2, 0.25) is 0 Å². The Kier molecular flexibility index (Phi) is 3.37. The molecule has 1 aromatic carbocycles. The number of nitrogens with two attached hydrogens (primary N) is 1. The van der Waals surface area contributed by atoms with Gasteiger partial charge >= 0.3 is 0 Å². The standard InChI is InChI=1S/C15H23N3/c16-11-15(17-14-6-7-14)8-9-18(12-15)10-13-4-2-1-3-5-13/h1-5,14,17H,6-12,16H2. The lowest BCUT2D eigenvalue weighted by Gasteiger charge is -2.29. The second-order valence-electron chi connectivity index (χ2n) is 5.85. The molecule has 2 fully saturated rings. The summed E-state index contributed by atoms with van der Waals surface area (Å²) in [5.41, 5.74) is 7.59. The van der Waals surface area contributed by atoms with Crippen LogP contribution < -0.4 is 11.1 Å². The minimum absolute atomic E-state index is 0.177. The Bertz CT molecular complexity index is 388. The van der Waals surface area contributed by atoms with E-state index >= 15 is 0 Å². The minimum Gasteiger partial charge on any atom is -0.329 e. The Labute approximate surface area is 109 Å². The summed E-state index contributed by atoms with van der Waals surface area (Å²) in [7, 11) is 0. The van der Waals surface area contributed by atoms with Gasteiger partial charge in [-0.15, -0.1) is 0 Å². The van der Waals surface area contributed by atoms with Crippen LogP contribution in [-0.2, 0) is 6.54 Å². The van der Waals surface area contributed by atoms with Gasteiger partial charge in [0.15, 0.2) is 0 Å². The van der Waals surface area contributed by atoms with Crippen molar-refractivity contribution in [2.75, 3.05) is 19.6 Å². The summed E-state index contributed by atoms with van der Waals surface area (Å²) < 4.78 is 0. The first kappa shape index (κ1) is 12.2. The smallest absolute Gasteiger partial charge is 0.0447 e. The summed E-state index contributed by atoms with van der Waals surface area (Å²) in [6.07, 6.45) is 3.85. The molecule has 0 aromatic heterocycles. The van der Waals surface area contributed by atoms with E-state index in [9.17, 15) is 0 Å². The van der Waals surface area contributed by atoms with Crippen molar-refractivity contribution in [1.29, 1.82) is 0 Å². The lowest BCUT2D eigenvalue weighted by Crippen LogP contribution is -2.54. The second-order valence-corrected chi connectivity index (χ2v) is 5.85. The Morgan fingerprint density at radius 3 is 2.72 bits per heavy atom. The van der Waals surface area contributed by atoms with Gasteiger partial charge in [-0.2, -0.15) is 0 Å². The summed E-state index contributed by atoms with van der Waals surface area (Å²) in [5.74, 6) is 0. The van der Waals surface area contributed by atoms with E-state index in [1.807, 2.05) is 0 Å². The van der Waals surface area contributed by atoms with Crippen molar-refractivity contribution in [2.45, 2.75) is 37.4 Å². The van der Waals surface area contributed by atoms with Crippen LogP contribution in [0.25, 0.3) is 0 Å². The monoisotopic (exact) mass is 245 g/mol. The van der Waals surface area contributed by atoms with E-state index in [-0.39, 0.29) is 5.54 Å². The first-order chi connectivity index (χ1) is 8.80. The number of hydrogen-bond acceptors (Lipinski definition) is 3. The quantitative estimate of drug-likeness (QED) is 0.822. The molecule has 2 aliphatic rings. The molecular weight excluding hydrogens is 222 g/mol. The molecular formula is C15H23N3. The van der Waals surface area contributed by atoms with Gasteiger partial charge in [0.2, 0.25) is 0 Å². The Hall–Kier alpha value is -0.900. The molecule has 1 aliphatic carbocycles. The first-order valence-electron chi connectivity index (χ1n) is 7.04. The summed E-state index contributed by atoms with van der Waals surface area (Å²) in [4.78, 5) is 2.53. The molecule has 3 N–H and O–H groups in total. The highest BCUT2D eigenvalue weighted by Crippen LogP contribution is 2.28. The Morgan fingerprint density at radius 1 is 1.28 bits per heavy atom. The maximum Gasteiger partial charge on any atom is 0.0447 e. The highest BCUT2D eigenvalue weighted by molar-refractivity contribution is 5.15. The number of benzene rings is 1. The summed E-state index contributed by atoms with van der Waals surface area (Å²) in [6.45, 7) is 4.06. The van der Waals surface area contributed by atoms with Crippen molar-refractivity contribution in [3.8, 4) is 0 Å². The van der Waals surface area contributed by atoms with E-state index in [4.69, 9.17) is 5.73 Å². The third kappa shape index (κ3) is 2.74. The summed E-state index contributed by atoms with van der Waals surface area (Å²) in [5, 5.41) is 3.77. The van der Waals surface area contributed by atoms with Crippen molar-refractivity contribution >= 4 is 0 Å². The van der Waals surface area contributed by atoms with E-state index in [0.29, 0.717) is 0 Å². The zero-order valence-electron chi connectivity index (χ0n) is 10.9. The van der Waals surface area contributed by atoms with Crippen molar-refractivity contribution < 1.29 is 0 Å². The van der Waals surface area contributed by atoms with Crippen LogP contribution in [0.3, 0.4) is 0 Å². The normalized spacial score (nSPS) is 28.7. The largest absolute Gasteiger partial charge is 0.329 e. The maximum atomic E-state index is 6.01. The molecule has 0 radical (unpaired) electrons. The highest BCUT2D eigenvalue weighted by Gasteiger charge is 2.40. The van der Waals surface area contributed by atoms with Crippen molar-refractivity contribution in [3.05, 3.63) is 35.9 Å². The topological polar surface area (TPSA) is 41.3 Å². The van der Waals surface area contributed by atoms with Crippen molar-refractivity contribution in [1.82, 2.24) is 10.2 Å². The van der Waals surface area contributed by atoms with E-state index in [2.05, 4.69) is 40.5 Å². The third-order valence-electron chi connectivity index (χ3n) is 4.16. The van der Waals surface area contributed by atoms with Gasteiger partial charge in [-0.1, -0.05) is 30.3 Å². The maximum absolute atomic E-state index is 6.01. The van der Waals surface area contributed by atoms with Gasteiger partial charge in [0.05, 0.1) is 0 Å². The molecule has 1 heterocycles. The van der Waals surface area contributed by atoms with Crippen LogP contribution >= 0.6 is 0 Å². The van der Waals surface area contributed by atoms with Crippen LogP contribution in [0, 0.1) is 0 Å². The van der Waals surface area contributed by atoms with Gasteiger partial charge in [0.25, 0.3) is 0 Å². The molecule has 98 valence electrons. The van der Waals surface area contributed by atoms with Gasteiger partial charge in [-0.05, 0) is 24.8 Å². The zero-order valence-corrected chi connectivity index (χ0v) is 10.9. The molecule has 0 bridgehead atoms. The van der Waals surface area contributed by atoms with Gasteiger partial charge in [0, 0.05) is 37.8 Å². The highest BCUT2D eigenvalue weighted by atomic mass is 15.2. The van der Waals surface area contributed by atoms with Crippen molar-refractivity contribution in [3.63, 3.8) is 0 Å². The molecule has 1 saturated heterocycles. The second kappa shape index (κ2) is 5.00. The van der Waals surface area contributed by atoms with Crippen LogP contribution in [0.1, 0.15) is 24.8 Å². The number of rotatable bonds is 5. The van der Waals surface area contributed by atoms with Gasteiger partial charge in [0.1, 0.15) is 0 Å². The Morgan fingerprint density at radius 2 is 2.06 bits per heavy atom. The van der Waals surface area contributed by atoms with Gasteiger partial charge in [-0.3, -0.25) is 4.90 Å². The molecule has 3 nitrogen and oxygen atoms in total. The summed E-state index contributed by atoms with van der Waals surface area (Å²) >= 11 is 0. The molecule has 1 aliphatic heterocycles. The lowest BCUT2D eigenvalue weighted by atomic mass is 9.99. The predicted octanol–water partition coefficient (Wildman–Crippen LogP) is 1.34.